The van der Waals surface area contributed by atoms with Gasteiger partial charge in [0.25, 0.3) is 0 Å². The molecule has 1 atom stereocenters. The molecule has 1 fully saturated rings. The van der Waals surface area contributed by atoms with Gasteiger partial charge in [-0.05, 0) is 25.5 Å². The smallest absolute Gasteiger partial charge is 0.160 e. The van der Waals surface area contributed by atoms with Crippen LogP contribution in [0.5, 0.6) is 0 Å². The molecule has 18 heavy (non-hydrogen) atoms. The maximum Gasteiger partial charge on any atom is 0.160 e. The largest absolute Gasteiger partial charge is 0.326 e. The highest BCUT2D eigenvalue weighted by Crippen LogP contribution is 2.13. The van der Waals surface area contributed by atoms with Gasteiger partial charge in [0.05, 0.1) is 0 Å². The zero-order valence-corrected chi connectivity index (χ0v) is 10.5. The van der Waals surface area contributed by atoms with Gasteiger partial charge < -0.3 is 11.1 Å². The van der Waals surface area contributed by atoms with Crippen LogP contribution in [0.3, 0.4) is 0 Å². The van der Waals surface area contributed by atoms with Gasteiger partial charge in [0.2, 0.25) is 0 Å². The molecule has 2 aromatic rings. The van der Waals surface area contributed by atoms with Crippen LogP contribution in [0.4, 0.5) is 0 Å². The summed E-state index contributed by atoms with van der Waals surface area (Å²) in [5.74, 6) is 0.912. The summed E-state index contributed by atoms with van der Waals surface area (Å²) in [6, 6.07) is 4.50. The SMILES string of the molecule is NCc1cccn2nc(CC3CCCCN3)nc12. The van der Waals surface area contributed by atoms with Crippen molar-refractivity contribution < 1.29 is 0 Å². The fourth-order valence-electron chi connectivity index (χ4n) is 2.57. The minimum Gasteiger partial charge on any atom is -0.326 e. The molecular weight excluding hydrogens is 226 g/mol. The highest BCUT2D eigenvalue weighted by molar-refractivity contribution is 5.46. The Kier molecular flexibility index (Phi) is 3.25. The number of nitrogens with two attached hydrogens (primary N) is 1. The number of rotatable bonds is 3. The second-order valence-corrected chi connectivity index (χ2v) is 4.88. The minimum atomic E-state index is 0.504. The van der Waals surface area contributed by atoms with E-state index < -0.39 is 0 Å². The van der Waals surface area contributed by atoms with Crippen molar-refractivity contribution in [1.29, 1.82) is 0 Å². The average molecular weight is 245 g/mol. The molecule has 0 saturated carbocycles. The minimum absolute atomic E-state index is 0.504. The molecular formula is C13H19N5. The number of nitrogens with one attached hydrogen (secondary N) is 1. The highest BCUT2D eigenvalue weighted by Gasteiger charge is 2.16. The zero-order valence-electron chi connectivity index (χ0n) is 10.5. The average Bonchev–Trinajstić information content (AvgIpc) is 2.82. The molecule has 0 amide bonds. The van der Waals surface area contributed by atoms with E-state index in [1.165, 1.54) is 19.3 Å². The number of piperidine rings is 1. The third-order valence-corrected chi connectivity index (χ3v) is 3.55. The summed E-state index contributed by atoms with van der Waals surface area (Å²) >= 11 is 0. The molecule has 1 aliphatic heterocycles. The van der Waals surface area contributed by atoms with Gasteiger partial charge in [-0.1, -0.05) is 12.5 Å². The van der Waals surface area contributed by atoms with Crippen molar-refractivity contribution in [2.24, 2.45) is 5.73 Å². The van der Waals surface area contributed by atoms with E-state index >= 15 is 0 Å². The molecule has 3 N–H and O–H groups in total. The third kappa shape index (κ3) is 2.23. The van der Waals surface area contributed by atoms with Gasteiger partial charge in [0.15, 0.2) is 11.5 Å². The Morgan fingerprint density at radius 3 is 3.17 bits per heavy atom. The Balaban J connectivity index is 1.84. The van der Waals surface area contributed by atoms with Crippen molar-refractivity contribution >= 4 is 5.65 Å². The van der Waals surface area contributed by atoms with Gasteiger partial charge in [0.1, 0.15) is 0 Å². The molecule has 2 aromatic heterocycles. The maximum absolute atomic E-state index is 5.72. The van der Waals surface area contributed by atoms with Gasteiger partial charge in [-0.15, -0.1) is 0 Å². The van der Waals surface area contributed by atoms with E-state index in [-0.39, 0.29) is 0 Å². The van der Waals surface area contributed by atoms with E-state index in [0.29, 0.717) is 12.6 Å². The number of hydrogen-bond donors (Lipinski definition) is 2. The van der Waals surface area contributed by atoms with Crippen molar-refractivity contribution in [1.82, 2.24) is 19.9 Å². The molecule has 3 heterocycles. The van der Waals surface area contributed by atoms with Gasteiger partial charge in [-0.25, -0.2) is 9.50 Å². The first-order chi connectivity index (χ1) is 8.86. The normalized spacial score (nSPS) is 20.4. The van der Waals surface area contributed by atoms with Gasteiger partial charge in [0, 0.05) is 30.8 Å². The van der Waals surface area contributed by atoms with E-state index in [9.17, 15) is 0 Å². The summed E-state index contributed by atoms with van der Waals surface area (Å²) in [5.41, 5.74) is 7.66. The van der Waals surface area contributed by atoms with Crippen molar-refractivity contribution in [2.45, 2.75) is 38.3 Å². The fourth-order valence-corrected chi connectivity index (χ4v) is 2.57. The lowest BCUT2D eigenvalue weighted by molar-refractivity contribution is 0.394. The lowest BCUT2D eigenvalue weighted by atomic mass is 10.0. The second kappa shape index (κ2) is 5.04. The van der Waals surface area contributed by atoms with Crippen molar-refractivity contribution in [3.63, 3.8) is 0 Å². The summed E-state index contributed by atoms with van der Waals surface area (Å²) in [4.78, 5) is 4.61. The molecule has 0 radical (unpaired) electrons. The van der Waals surface area contributed by atoms with Crippen LogP contribution in [0.1, 0.15) is 30.7 Å². The topological polar surface area (TPSA) is 68.2 Å². The molecule has 1 unspecified atom stereocenters. The summed E-state index contributed by atoms with van der Waals surface area (Å²) in [6.07, 6.45) is 6.65. The Morgan fingerprint density at radius 2 is 2.39 bits per heavy atom. The van der Waals surface area contributed by atoms with Crippen LogP contribution in [0.15, 0.2) is 18.3 Å². The van der Waals surface area contributed by atoms with E-state index in [1.54, 1.807) is 0 Å². The molecule has 5 heteroatoms. The molecule has 3 rings (SSSR count). The van der Waals surface area contributed by atoms with Gasteiger partial charge >= 0.3 is 0 Å². The molecule has 0 aliphatic carbocycles. The number of pyridine rings is 1. The fraction of sp³-hybridized carbons (Fsp3) is 0.538. The Morgan fingerprint density at radius 1 is 1.44 bits per heavy atom. The van der Waals surface area contributed by atoms with E-state index in [2.05, 4.69) is 15.4 Å². The lowest BCUT2D eigenvalue weighted by Gasteiger charge is -2.21. The zero-order chi connectivity index (χ0) is 12.4. The number of nitrogens with zero attached hydrogens (tertiary/aromatic N) is 3. The first-order valence-corrected chi connectivity index (χ1v) is 6.63. The molecule has 5 nitrogen and oxygen atoms in total. The first kappa shape index (κ1) is 11.6. The quantitative estimate of drug-likeness (QED) is 0.842. The number of hydrogen-bond acceptors (Lipinski definition) is 4. The van der Waals surface area contributed by atoms with Gasteiger partial charge in [-0.2, -0.15) is 5.10 Å². The van der Waals surface area contributed by atoms with Crippen LogP contribution in [-0.2, 0) is 13.0 Å². The van der Waals surface area contributed by atoms with Crippen LogP contribution >= 0.6 is 0 Å². The van der Waals surface area contributed by atoms with Crippen molar-refractivity contribution in [2.75, 3.05) is 6.54 Å². The van der Waals surface area contributed by atoms with Crippen molar-refractivity contribution in [3.8, 4) is 0 Å². The third-order valence-electron chi connectivity index (χ3n) is 3.55. The van der Waals surface area contributed by atoms with E-state index in [1.807, 2.05) is 22.8 Å². The standard InChI is InChI=1S/C13H19N5/c14-9-10-4-3-7-18-13(10)16-12(17-18)8-11-5-1-2-6-15-11/h3-4,7,11,15H,1-2,5-6,8-9,14H2. The predicted octanol–water partition coefficient (Wildman–Crippen LogP) is 0.873. The molecule has 0 aromatic carbocycles. The maximum atomic E-state index is 5.72. The number of aromatic nitrogens is 3. The van der Waals surface area contributed by atoms with E-state index in [4.69, 9.17) is 5.73 Å². The summed E-state index contributed by atoms with van der Waals surface area (Å²) in [7, 11) is 0. The van der Waals surface area contributed by atoms with E-state index in [0.717, 1.165) is 30.0 Å². The molecule has 1 aliphatic rings. The highest BCUT2D eigenvalue weighted by atomic mass is 15.3. The molecule has 0 spiro atoms. The summed E-state index contributed by atoms with van der Waals surface area (Å²) in [5, 5.41) is 8.05. The summed E-state index contributed by atoms with van der Waals surface area (Å²) < 4.78 is 1.83. The monoisotopic (exact) mass is 245 g/mol. The van der Waals surface area contributed by atoms with Crippen LogP contribution < -0.4 is 11.1 Å². The molecule has 96 valence electrons. The van der Waals surface area contributed by atoms with Crippen molar-refractivity contribution in [3.05, 3.63) is 29.7 Å². The first-order valence-electron chi connectivity index (χ1n) is 6.63. The predicted molar refractivity (Wildman–Crippen MR) is 70.2 cm³/mol. The molecule has 0 bridgehead atoms. The molecule has 1 saturated heterocycles. The Hall–Kier alpha value is -1.46. The lowest BCUT2D eigenvalue weighted by Crippen LogP contribution is -2.35. The van der Waals surface area contributed by atoms with Crippen LogP contribution in [0, 0.1) is 0 Å². The van der Waals surface area contributed by atoms with Crippen LogP contribution in [-0.4, -0.2) is 27.2 Å². The number of fused-ring (bicyclic) bond motifs is 1. The Labute approximate surface area is 106 Å². The Bertz CT molecular complexity index is 527. The van der Waals surface area contributed by atoms with Crippen LogP contribution in [0.2, 0.25) is 0 Å². The second-order valence-electron chi connectivity index (χ2n) is 4.88. The summed E-state index contributed by atoms with van der Waals surface area (Å²) in [6.45, 7) is 1.62. The van der Waals surface area contributed by atoms with Gasteiger partial charge in [-0.3, -0.25) is 0 Å². The van der Waals surface area contributed by atoms with Crippen LogP contribution in [0.25, 0.3) is 5.65 Å².